The second-order valence-electron chi connectivity index (χ2n) is 4.64. The standard InChI is InChI=1S/C8H14N2.C7H5F3O/c1-3-4-5-8-6-9-7(2)10-8;8-7(9,10)5-1-3-6(11)4-2-5/h6H,3-5H2,1-2H3,(H,9,10);1-4,11H. The van der Waals surface area contributed by atoms with E-state index in [0.29, 0.717) is 0 Å². The van der Waals surface area contributed by atoms with Gasteiger partial charge in [0.1, 0.15) is 11.6 Å². The molecule has 0 aliphatic carbocycles. The van der Waals surface area contributed by atoms with Crippen LogP contribution in [-0.2, 0) is 12.6 Å². The van der Waals surface area contributed by atoms with Gasteiger partial charge in [-0.1, -0.05) is 13.3 Å². The summed E-state index contributed by atoms with van der Waals surface area (Å²) < 4.78 is 35.5. The van der Waals surface area contributed by atoms with Crippen molar-refractivity contribution in [2.24, 2.45) is 0 Å². The summed E-state index contributed by atoms with van der Waals surface area (Å²) in [5.74, 6) is 0.851. The maximum absolute atomic E-state index is 11.8. The molecular formula is C15H19F3N2O. The predicted octanol–water partition coefficient (Wildman–Crippen LogP) is 4.47. The van der Waals surface area contributed by atoms with Crippen LogP contribution >= 0.6 is 0 Å². The summed E-state index contributed by atoms with van der Waals surface area (Å²) in [4.78, 5) is 7.31. The number of halogens is 3. The number of aromatic nitrogens is 2. The maximum Gasteiger partial charge on any atom is 0.416 e. The Hall–Kier alpha value is -1.98. The van der Waals surface area contributed by atoms with Crippen molar-refractivity contribution >= 4 is 0 Å². The van der Waals surface area contributed by atoms with Gasteiger partial charge in [-0.25, -0.2) is 4.98 Å². The number of imidazole rings is 1. The van der Waals surface area contributed by atoms with Gasteiger partial charge in [0.2, 0.25) is 0 Å². The number of H-pyrrole nitrogens is 1. The number of alkyl halides is 3. The smallest absolute Gasteiger partial charge is 0.416 e. The van der Waals surface area contributed by atoms with Gasteiger partial charge in [0.25, 0.3) is 0 Å². The van der Waals surface area contributed by atoms with E-state index in [1.165, 1.54) is 18.5 Å². The van der Waals surface area contributed by atoms with Crippen LogP contribution in [0.25, 0.3) is 0 Å². The van der Waals surface area contributed by atoms with Gasteiger partial charge in [-0.05, 0) is 44.0 Å². The molecule has 0 spiro atoms. The second-order valence-corrected chi connectivity index (χ2v) is 4.64. The van der Waals surface area contributed by atoms with Crippen LogP contribution in [0.5, 0.6) is 5.75 Å². The third-order valence-electron chi connectivity index (χ3n) is 2.75. The Balaban J connectivity index is 0.000000211. The summed E-state index contributed by atoms with van der Waals surface area (Å²) in [5, 5.41) is 8.66. The third kappa shape index (κ3) is 6.33. The monoisotopic (exact) mass is 300 g/mol. The fourth-order valence-electron chi connectivity index (χ4n) is 1.62. The first-order valence-corrected chi connectivity index (χ1v) is 6.69. The predicted molar refractivity (Wildman–Crippen MR) is 75.0 cm³/mol. The van der Waals surface area contributed by atoms with Crippen LogP contribution < -0.4 is 0 Å². The molecule has 1 aromatic heterocycles. The first kappa shape index (κ1) is 17.1. The molecule has 0 aliphatic heterocycles. The molecule has 6 heteroatoms. The van der Waals surface area contributed by atoms with Crippen LogP contribution in [0.15, 0.2) is 30.5 Å². The number of hydrogen-bond donors (Lipinski definition) is 2. The lowest BCUT2D eigenvalue weighted by molar-refractivity contribution is -0.137. The average Bonchev–Trinajstić information content (AvgIpc) is 2.82. The minimum atomic E-state index is -4.33. The molecule has 116 valence electrons. The molecule has 2 rings (SSSR count). The van der Waals surface area contributed by atoms with Crippen molar-refractivity contribution in [2.45, 2.75) is 39.3 Å². The Kier molecular flexibility index (Phi) is 6.27. The lowest BCUT2D eigenvalue weighted by atomic mass is 10.2. The summed E-state index contributed by atoms with van der Waals surface area (Å²) in [6.07, 6.45) is 1.23. The van der Waals surface area contributed by atoms with Crippen molar-refractivity contribution in [3.63, 3.8) is 0 Å². The number of phenolic OH excluding ortho intramolecular Hbond substituents is 1. The second kappa shape index (κ2) is 7.71. The van der Waals surface area contributed by atoms with Crippen molar-refractivity contribution in [3.05, 3.63) is 47.5 Å². The third-order valence-corrected chi connectivity index (χ3v) is 2.75. The number of hydrogen-bond acceptors (Lipinski definition) is 2. The number of aromatic amines is 1. The van der Waals surface area contributed by atoms with Gasteiger partial charge >= 0.3 is 6.18 Å². The molecule has 0 saturated carbocycles. The normalized spacial score (nSPS) is 10.9. The van der Waals surface area contributed by atoms with E-state index >= 15 is 0 Å². The average molecular weight is 300 g/mol. The van der Waals surface area contributed by atoms with Crippen molar-refractivity contribution < 1.29 is 18.3 Å². The van der Waals surface area contributed by atoms with Gasteiger partial charge in [-0.3, -0.25) is 0 Å². The number of unbranched alkanes of at least 4 members (excludes halogenated alkanes) is 1. The van der Waals surface area contributed by atoms with E-state index in [-0.39, 0.29) is 5.75 Å². The quantitative estimate of drug-likeness (QED) is 0.878. The van der Waals surface area contributed by atoms with Gasteiger partial charge in [0, 0.05) is 11.9 Å². The fraction of sp³-hybridized carbons (Fsp3) is 0.400. The molecule has 21 heavy (non-hydrogen) atoms. The summed E-state index contributed by atoms with van der Waals surface area (Å²) in [7, 11) is 0. The molecule has 0 bridgehead atoms. The highest BCUT2D eigenvalue weighted by molar-refractivity contribution is 5.27. The van der Waals surface area contributed by atoms with Crippen LogP contribution in [0, 0.1) is 6.92 Å². The topological polar surface area (TPSA) is 48.9 Å². The zero-order valence-corrected chi connectivity index (χ0v) is 12.0. The molecule has 0 amide bonds. The zero-order chi connectivity index (χ0) is 15.9. The molecule has 0 unspecified atom stereocenters. The van der Waals surface area contributed by atoms with Crippen molar-refractivity contribution in [2.75, 3.05) is 0 Å². The molecule has 2 aromatic rings. The molecule has 3 nitrogen and oxygen atoms in total. The van der Waals surface area contributed by atoms with Crippen molar-refractivity contribution in [1.29, 1.82) is 0 Å². The van der Waals surface area contributed by atoms with Crippen LogP contribution in [0.1, 0.15) is 36.8 Å². The van der Waals surface area contributed by atoms with Gasteiger partial charge in [-0.15, -0.1) is 0 Å². The molecule has 0 atom stereocenters. The van der Waals surface area contributed by atoms with E-state index in [9.17, 15) is 13.2 Å². The Morgan fingerprint density at radius 1 is 1.19 bits per heavy atom. The number of phenols is 1. The van der Waals surface area contributed by atoms with E-state index in [1.54, 1.807) is 0 Å². The highest BCUT2D eigenvalue weighted by Gasteiger charge is 2.29. The first-order chi connectivity index (χ1) is 9.82. The van der Waals surface area contributed by atoms with Crippen LogP contribution in [0.3, 0.4) is 0 Å². The lowest BCUT2D eigenvalue weighted by Gasteiger charge is -2.04. The van der Waals surface area contributed by atoms with Crippen LogP contribution in [0.4, 0.5) is 13.2 Å². The van der Waals surface area contributed by atoms with E-state index < -0.39 is 11.7 Å². The minimum absolute atomic E-state index is 0.169. The molecule has 0 saturated heterocycles. The summed E-state index contributed by atoms with van der Waals surface area (Å²) in [6.45, 7) is 4.18. The molecule has 0 fully saturated rings. The number of nitrogens with zero attached hydrogens (tertiary/aromatic N) is 1. The minimum Gasteiger partial charge on any atom is -0.508 e. The van der Waals surface area contributed by atoms with E-state index in [0.717, 1.165) is 36.5 Å². The maximum atomic E-state index is 11.8. The van der Waals surface area contributed by atoms with Crippen LogP contribution in [0.2, 0.25) is 0 Å². The highest BCUT2D eigenvalue weighted by atomic mass is 19.4. The number of rotatable bonds is 3. The van der Waals surface area contributed by atoms with Crippen LogP contribution in [-0.4, -0.2) is 15.1 Å². The summed E-state index contributed by atoms with van der Waals surface area (Å²) in [6, 6.07) is 3.66. The lowest BCUT2D eigenvalue weighted by Crippen LogP contribution is -2.03. The van der Waals surface area contributed by atoms with Crippen molar-refractivity contribution in [1.82, 2.24) is 9.97 Å². The summed E-state index contributed by atoms with van der Waals surface area (Å²) in [5.41, 5.74) is 0.509. The molecule has 1 heterocycles. The van der Waals surface area contributed by atoms with Gasteiger partial charge in [0.05, 0.1) is 5.56 Å². The Labute approximate surface area is 121 Å². The molecule has 2 N–H and O–H groups in total. The Morgan fingerprint density at radius 3 is 2.24 bits per heavy atom. The molecule has 0 radical (unpaired) electrons. The number of benzene rings is 1. The molecule has 1 aromatic carbocycles. The van der Waals surface area contributed by atoms with Crippen molar-refractivity contribution in [3.8, 4) is 5.75 Å². The Morgan fingerprint density at radius 2 is 1.81 bits per heavy atom. The highest BCUT2D eigenvalue weighted by Crippen LogP contribution is 2.29. The zero-order valence-electron chi connectivity index (χ0n) is 12.0. The van der Waals surface area contributed by atoms with Gasteiger partial charge < -0.3 is 10.1 Å². The largest absolute Gasteiger partial charge is 0.508 e. The van der Waals surface area contributed by atoms with E-state index in [4.69, 9.17) is 5.11 Å². The SMILES string of the molecule is CCCCc1cnc(C)[nH]1.Oc1ccc(C(F)(F)F)cc1. The number of aryl methyl sites for hydroxylation is 2. The summed E-state index contributed by atoms with van der Waals surface area (Å²) >= 11 is 0. The molecule has 0 aliphatic rings. The first-order valence-electron chi connectivity index (χ1n) is 6.69. The number of aromatic hydroxyl groups is 1. The van der Waals surface area contributed by atoms with Gasteiger partial charge in [0.15, 0.2) is 0 Å². The Bertz CT molecular complexity index is 533. The van der Waals surface area contributed by atoms with E-state index in [1.807, 2.05) is 13.1 Å². The van der Waals surface area contributed by atoms with Gasteiger partial charge in [-0.2, -0.15) is 13.2 Å². The molecular weight excluding hydrogens is 281 g/mol. The number of nitrogens with one attached hydrogen (secondary N) is 1. The fourth-order valence-corrected chi connectivity index (χ4v) is 1.62. The van der Waals surface area contributed by atoms with E-state index in [2.05, 4.69) is 16.9 Å².